The number of esters is 1. The van der Waals surface area contributed by atoms with Crippen LogP contribution in [0.3, 0.4) is 0 Å². The van der Waals surface area contributed by atoms with Crippen molar-refractivity contribution in [2.24, 2.45) is 39.9 Å². The number of hydrogen-bond donors (Lipinski definition) is 0. The Bertz CT molecular complexity index is 751. The van der Waals surface area contributed by atoms with Crippen molar-refractivity contribution in [3.05, 3.63) is 35.9 Å². The third-order valence-electron chi connectivity index (χ3n) is 8.83. The van der Waals surface area contributed by atoms with Crippen LogP contribution in [0, 0.1) is 39.9 Å². The molecule has 166 valence electrons. The summed E-state index contributed by atoms with van der Waals surface area (Å²) in [5.41, 5.74) is 0.170. The van der Waals surface area contributed by atoms with E-state index in [2.05, 4.69) is 78.8 Å². The van der Waals surface area contributed by atoms with Crippen LogP contribution in [-0.4, -0.2) is 5.97 Å². The van der Waals surface area contributed by atoms with E-state index in [1.54, 1.807) is 0 Å². The van der Waals surface area contributed by atoms with Gasteiger partial charge in [-0.2, -0.15) is 0 Å². The van der Waals surface area contributed by atoms with E-state index in [0.717, 1.165) is 18.3 Å². The highest BCUT2D eigenvalue weighted by molar-refractivity contribution is 5.78. The number of benzene rings is 1. The molecule has 0 amide bonds. The summed E-state index contributed by atoms with van der Waals surface area (Å²) in [6.45, 7) is 15.5. The molecule has 4 bridgehead atoms. The van der Waals surface area contributed by atoms with E-state index in [0.29, 0.717) is 11.8 Å². The zero-order valence-corrected chi connectivity index (χ0v) is 20.3. The molecule has 0 N–H and O–H groups in total. The molecule has 0 saturated heterocycles. The van der Waals surface area contributed by atoms with Crippen molar-refractivity contribution in [2.75, 3.05) is 0 Å². The zero-order valence-electron chi connectivity index (χ0n) is 20.3. The molecular weight excluding hydrogens is 368 g/mol. The molecule has 4 fully saturated rings. The summed E-state index contributed by atoms with van der Waals surface area (Å²) < 4.78 is 6.90. The smallest absolute Gasteiger partial charge is 0.313 e. The van der Waals surface area contributed by atoms with Gasteiger partial charge in [-0.3, -0.25) is 4.79 Å². The number of ether oxygens (including phenoxy) is 1. The van der Waals surface area contributed by atoms with Crippen LogP contribution in [0.15, 0.2) is 30.3 Å². The molecule has 1 unspecified atom stereocenters. The summed E-state index contributed by atoms with van der Waals surface area (Å²) in [4.78, 5) is 14.1. The van der Waals surface area contributed by atoms with Gasteiger partial charge in [0.25, 0.3) is 0 Å². The van der Waals surface area contributed by atoms with Crippen molar-refractivity contribution in [1.82, 2.24) is 0 Å². The molecule has 30 heavy (non-hydrogen) atoms. The molecule has 0 heterocycles. The van der Waals surface area contributed by atoms with Gasteiger partial charge in [-0.05, 0) is 73.7 Å². The van der Waals surface area contributed by atoms with Gasteiger partial charge in [-0.1, -0.05) is 71.9 Å². The normalized spacial score (nSPS) is 35.2. The van der Waals surface area contributed by atoms with Crippen molar-refractivity contribution in [3.63, 3.8) is 0 Å². The van der Waals surface area contributed by atoms with Gasteiger partial charge in [-0.15, -0.1) is 0 Å². The first-order valence-electron chi connectivity index (χ1n) is 12.1. The second-order valence-corrected chi connectivity index (χ2v) is 13.2. The molecule has 1 aromatic rings. The Kier molecular flexibility index (Phi) is 5.19. The molecule has 0 aromatic heterocycles. The lowest BCUT2D eigenvalue weighted by molar-refractivity contribution is -0.229. The Morgan fingerprint density at radius 2 is 1.37 bits per heavy atom. The number of rotatable bonds is 4. The minimum absolute atomic E-state index is 0.0150. The predicted octanol–water partition coefficient (Wildman–Crippen LogP) is 7.37. The first-order valence-corrected chi connectivity index (χ1v) is 12.1. The molecule has 0 aliphatic heterocycles. The minimum Gasteiger partial charge on any atom is -0.453 e. The second kappa shape index (κ2) is 7.10. The standard InChI is InChI=1S/C28H42O2/c1-25(2,3)18-27(7,26(4,5)6)24(29)30-28(21-11-9-8-10-12-21)22-14-19-13-20(16-22)17-23(28)15-19/h8-12,19-20,22-23H,13-18H2,1-7H3. The van der Waals surface area contributed by atoms with Gasteiger partial charge >= 0.3 is 5.97 Å². The van der Waals surface area contributed by atoms with Crippen molar-refractivity contribution < 1.29 is 9.53 Å². The fourth-order valence-corrected chi connectivity index (χ4v) is 7.25. The van der Waals surface area contributed by atoms with Crippen LogP contribution in [0.25, 0.3) is 0 Å². The highest BCUT2D eigenvalue weighted by Crippen LogP contribution is 2.64. The second-order valence-electron chi connectivity index (χ2n) is 13.2. The van der Waals surface area contributed by atoms with Crippen LogP contribution in [0.2, 0.25) is 0 Å². The third kappa shape index (κ3) is 3.53. The molecule has 4 aliphatic carbocycles. The van der Waals surface area contributed by atoms with E-state index in [4.69, 9.17) is 4.74 Å². The maximum absolute atomic E-state index is 14.1. The molecular formula is C28H42O2. The topological polar surface area (TPSA) is 26.3 Å². The van der Waals surface area contributed by atoms with Gasteiger partial charge in [0.05, 0.1) is 5.41 Å². The van der Waals surface area contributed by atoms with Gasteiger partial charge in [0.15, 0.2) is 0 Å². The average Bonchev–Trinajstić information content (AvgIpc) is 2.62. The first-order chi connectivity index (χ1) is 13.8. The Labute approximate surface area is 184 Å². The zero-order chi connectivity index (χ0) is 21.9. The van der Waals surface area contributed by atoms with E-state index < -0.39 is 11.0 Å². The van der Waals surface area contributed by atoms with Gasteiger partial charge < -0.3 is 4.74 Å². The first kappa shape index (κ1) is 21.9. The highest BCUT2D eigenvalue weighted by atomic mass is 16.6. The average molecular weight is 411 g/mol. The van der Waals surface area contributed by atoms with Crippen molar-refractivity contribution in [1.29, 1.82) is 0 Å². The minimum atomic E-state index is -0.526. The molecule has 2 heteroatoms. The Morgan fingerprint density at radius 1 is 0.867 bits per heavy atom. The molecule has 5 rings (SSSR count). The molecule has 4 aliphatic rings. The molecule has 1 aromatic carbocycles. The van der Waals surface area contributed by atoms with E-state index >= 15 is 0 Å². The summed E-state index contributed by atoms with van der Waals surface area (Å²) in [7, 11) is 0. The largest absolute Gasteiger partial charge is 0.453 e. The molecule has 1 atom stereocenters. The molecule has 0 spiro atoms. The Hall–Kier alpha value is -1.31. The van der Waals surface area contributed by atoms with Crippen LogP contribution < -0.4 is 0 Å². The van der Waals surface area contributed by atoms with Gasteiger partial charge in [-0.25, -0.2) is 0 Å². The molecule has 0 radical (unpaired) electrons. The Balaban J connectivity index is 1.75. The summed E-state index contributed by atoms with van der Waals surface area (Å²) in [6.07, 6.45) is 7.12. The summed E-state index contributed by atoms with van der Waals surface area (Å²) in [6, 6.07) is 10.7. The van der Waals surface area contributed by atoms with Gasteiger partial charge in [0, 0.05) is 11.8 Å². The summed E-state index contributed by atoms with van der Waals surface area (Å²) >= 11 is 0. The van der Waals surface area contributed by atoms with Crippen LogP contribution >= 0.6 is 0 Å². The van der Waals surface area contributed by atoms with E-state index in [1.165, 1.54) is 37.7 Å². The van der Waals surface area contributed by atoms with Crippen molar-refractivity contribution >= 4 is 5.97 Å². The molecule has 4 saturated carbocycles. The van der Waals surface area contributed by atoms with Gasteiger partial charge in [0.2, 0.25) is 0 Å². The number of carbonyl (C=O) groups excluding carboxylic acids is 1. The maximum atomic E-state index is 14.1. The number of hydrogen-bond acceptors (Lipinski definition) is 2. The SMILES string of the molecule is CC(C)(C)CC(C)(C(=O)OC1(c2ccccc2)C2CC3CC(C2)CC1C3)C(C)(C)C. The third-order valence-corrected chi connectivity index (χ3v) is 8.83. The van der Waals surface area contributed by atoms with Gasteiger partial charge in [0.1, 0.15) is 5.60 Å². The fourth-order valence-electron chi connectivity index (χ4n) is 7.25. The predicted molar refractivity (Wildman–Crippen MR) is 123 cm³/mol. The van der Waals surface area contributed by atoms with Crippen LogP contribution in [0.5, 0.6) is 0 Å². The summed E-state index contributed by atoms with van der Waals surface area (Å²) in [5, 5.41) is 0. The van der Waals surface area contributed by atoms with E-state index in [-0.39, 0.29) is 16.8 Å². The lowest BCUT2D eigenvalue weighted by atomic mass is 9.48. The van der Waals surface area contributed by atoms with Crippen LogP contribution in [0.4, 0.5) is 0 Å². The fraction of sp³-hybridized carbons (Fsp3) is 0.750. The number of carbonyl (C=O) groups is 1. The molecule has 2 nitrogen and oxygen atoms in total. The van der Waals surface area contributed by atoms with Crippen molar-refractivity contribution in [2.45, 2.75) is 92.6 Å². The lowest BCUT2D eigenvalue weighted by Crippen LogP contribution is -2.59. The monoisotopic (exact) mass is 410 g/mol. The van der Waals surface area contributed by atoms with E-state index in [1.807, 2.05) is 0 Å². The summed E-state index contributed by atoms with van der Waals surface area (Å²) in [5.74, 6) is 2.64. The van der Waals surface area contributed by atoms with E-state index in [9.17, 15) is 4.79 Å². The van der Waals surface area contributed by atoms with Crippen LogP contribution in [-0.2, 0) is 15.1 Å². The van der Waals surface area contributed by atoms with Crippen molar-refractivity contribution in [3.8, 4) is 0 Å². The van der Waals surface area contributed by atoms with Crippen LogP contribution in [0.1, 0.15) is 92.6 Å². The maximum Gasteiger partial charge on any atom is 0.313 e. The Morgan fingerprint density at radius 3 is 1.80 bits per heavy atom. The quantitative estimate of drug-likeness (QED) is 0.484. The lowest BCUT2D eigenvalue weighted by Gasteiger charge is -2.61. The highest BCUT2D eigenvalue weighted by Gasteiger charge is 2.62.